The number of piperazine rings is 1. The van der Waals surface area contributed by atoms with E-state index in [1.165, 1.54) is 0 Å². The van der Waals surface area contributed by atoms with Crippen LogP contribution >= 0.6 is 11.6 Å². The van der Waals surface area contributed by atoms with Gasteiger partial charge in [-0.05, 0) is 41.5 Å². The number of allylic oxidation sites excluding steroid dienone is 6. The van der Waals surface area contributed by atoms with E-state index in [0.717, 1.165) is 48.7 Å². The number of ether oxygens (including phenoxy) is 1. The largest absolute Gasteiger partial charge is 0.495 e. The molecular weight excluding hydrogens is 374 g/mol. The number of hydrogen-bond acceptors (Lipinski definition) is 4. The summed E-state index contributed by atoms with van der Waals surface area (Å²) >= 11 is 6.26. The number of halogens is 1. The second kappa shape index (κ2) is 8.09. The summed E-state index contributed by atoms with van der Waals surface area (Å²) in [5, 5.41) is 3.87. The zero-order valence-corrected chi connectivity index (χ0v) is 16.4. The van der Waals surface area contributed by atoms with Crippen LogP contribution in [0.4, 0.5) is 0 Å². The second-order valence-electron chi connectivity index (χ2n) is 6.73. The maximum absolute atomic E-state index is 13.0. The molecule has 1 aromatic rings. The van der Waals surface area contributed by atoms with E-state index in [4.69, 9.17) is 16.3 Å². The molecule has 0 aromatic heterocycles. The molecule has 3 aliphatic heterocycles. The Morgan fingerprint density at radius 1 is 1.11 bits per heavy atom. The van der Waals surface area contributed by atoms with Gasteiger partial charge in [0, 0.05) is 44.2 Å². The van der Waals surface area contributed by atoms with Gasteiger partial charge >= 0.3 is 0 Å². The highest BCUT2D eigenvalue weighted by Crippen LogP contribution is 2.30. The SMILES string of the molecule is COc1ccc(C2=CC(=O)N3C=C(N4CCNCC4)C=C/C3=C\C=C2)cc1Cl. The van der Waals surface area contributed by atoms with Gasteiger partial charge in [0.2, 0.25) is 0 Å². The second-order valence-corrected chi connectivity index (χ2v) is 7.14. The Kier molecular flexibility index (Phi) is 5.37. The summed E-state index contributed by atoms with van der Waals surface area (Å²) in [6.07, 6.45) is 13.4. The minimum Gasteiger partial charge on any atom is -0.495 e. The normalized spacial score (nSPS) is 21.2. The summed E-state index contributed by atoms with van der Waals surface area (Å²) in [6.45, 7) is 3.77. The van der Waals surface area contributed by atoms with E-state index in [2.05, 4.69) is 16.3 Å². The number of benzene rings is 1. The Labute approximate surface area is 169 Å². The lowest BCUT2D eigenvalue weighted by Gasteiger charge is -2.33. The van der Waals surface area contributed by atoms with E-state index in [-0.39, 0.29) is 5.91 Å². The molecule has 0 bridgehead atoms. The minimum atomic E-state index is -0.0884. The van der Waals surface area contributed by atoms with Crippen molar-refractivity contribution in [2.75, 3.05) is 33.3 Å². The third-order valence-corrected chi connectivity index (χ3v) is 5.29. The Bertz CT molecular complexity index is 937. The lowest BCUT2D eigenvalue weighted by Crippen LogP contribution is -2.43. The smallest absolute Gasteiger partial charge is 0.255 e. The van der Waals surface area contributed by atoms with Gasteiger partial charge in [0.05, 0.1) is 17.8 Å². The van der Waals surface area contributed by atoms with Crippen molar-refractivity contribution in [1.29, 1.82) is 0 Å². The predicted octanol–water partition coefficient (Wildman–Crippen LogP) is 3.33. The Morgan fingerprint density at radius 2 is 1.89 bits per heavy atom. The van der Waals surface area contributed by atoms with Gasteiger partial charge in [0.25, 0.3) is 5.91 Å². The average molecular weight is 396 g/mol. The molecule has 1 saturated heterocycles. The van der Waals surface area contributed by atoms with Crippen molar-refractivity contribution in [1.82, 2.24) is 15.1 Å². The number of nitrogens with one attached hydrogen (secondary N) is 1. The van der Waals surface area contributed by atoms with Crippen molar-refractivity contribution in [3.8, 4) is 5.75 Å². The number of rotatable bonds is 3. The van der Waals surface area contributed by atoms with E-state index >= 15 is 0 Å². The lowest BCUT2D eigenvalue weighted by atomic mass is 10.0. The van der Waals surface area contributed by atoms with Crippen LogP contribution < -0.4 is 10.1 Å². The highest BCUT2D eigenvalue weighted by atomic mass is 35.5. The van der Waals surface area contributed by atoms with Crippen molar-refractivity contribution in [3.05, 3.63) is 82.8 Å². The molecule has 5 nitrogen and oxygen atoms in total. The first-order valence-electron chi connectivity index (χ1n) is 9.28. The first-order valence-corrected chi connectivity index (χ1v) is 9.66. The zero-order valence-electron chi connectivity index (χ0n) is 15.7. The molecule has 6 heteroatoms. The maximum atomic E-state index is 13.0. The summed E-state index contributed by atoms with van der Waals surface area (Å²) < 4.78 is 5.21. The van der Waals surface area contributed by atoms with Crippen molar-refractivity contribution in [3.63, 3.8) is 0 Å². The fourth-order valence-corrected chi connectivity index (χ4v) is 3.72. The average Bonchev–Trinajstić information content (AvgIpc) is 2.72. The minimum absolute atomic E-state index is 0.0884. The molecule has 3 aliphatic rings. The summed E-state index contributed by atoms with van der Waals surface area (Å²) in [5.41, 5.74) is 3.57. The number of carbonyl (C=O) groups is 1. The number of carbonyl (C=O) groups excluding carboxylic acids is 1. The van der Waals surface area contributed by atoms with Crippen LogP contribution in [-0.2, 0) is 4.79 Å². The topological polar surface area (TPSA) is 44.8 Å². The molecule has 0 spiro atoms. The number of fused-ring (bicyclic) bond motifs is 1. The van der Waals surface area contributed by atoms with Crippen LogP contribution in [0.1, 0.15) is 5.56 Å². The van der Waals surface area contributed by atoms with Gasteiger partial charge in [-0.3, -0.25) is 9.69 Å². The number of nitrogens with zero attached hydrogens (tertiary/aromatic N) is 2. The molecule has 1 aromatic carbocycles. The van der Waals surface area contributed by atoms with Gasteiger partial charge in [0.1, 0.15) is 5.75 Å². The molecular formula is C22H22ClN3O2. The van der Waals surface area contributed by atoms with Gasteiger partial charge in [-0.25, -0.2) is 0 Å². The standard InChI is InChI=1S/C22H22ClN3O2/c1-28-21-8-5-17(13-20(21)23)16-3-2-4-18-6-7-19(15-26(18)22(27)14-16)25-11-9-24-10-12-25/h2-8,13-15,24H,9-12H2,1H3/b3-2?,16-14?,18-4+. The van der Waals surface area contributed by atoms with Crippen LogP contribution in [0.2, 0.25) is 5.02 Å². The zero-order chi connectivity index (χ0) is 19.5. The Balaban J connectivity index is 1.65. The third-order valence-electron chi connectivity index (χ3n) is 4.99. The predicted molar refractivity (Wildman–Crippen MR) is 112 cm³/mol. The third kappa shape index (κ3) is 3.77. The number of hydrogen-bond donors (Lipinski definition) is 1. The van der Waals surface area contributed by atoms with Crippen LogP contribution in [-0.4, -0.2) is 49.0 Å². The van der Waals surface area contributed by atoms with Crippen molar-refractivity contribution >= 4 is 23.1 Å². The Morgan fingerprint density at radius 3 is 2.64 bits per heavy atom. The molecule has 3 heterocycles. The molecule has 28 heavy (non-hydrogen) atoms. The molecule has 0 atom stereocenters. The lowest BCUT2D eigenvalue weighted by molar-refractivity contribution is -0.122. The van der Waals surface area contributed by atoms with Gasteiger partial charge in [-0.15, -0.1) is 0 Å². The maximum Gasteiger partial charge on any atom is 0.255 e. The molecule has 0 aliphatic carbocycles. The molecule has 144 valence electrons. The molecule has 1 N–H and O–H groups in total. The fraction of sp³-hybridized carbons (Fsp3) is 0.227. The van der Waals surface area contributed by atoms with Gasteiger partial charge in [0.15, 0.2) is 0 Å². The monoisotopic (exact) mass is 395 g/mol. The van der Waals surface area contributed by atoms with Gasteiger partial charge in [-0.1, -0.05) is 29.8 Å². The molecule has 0 radical (unpaired) electrons. The van der Waals surface area contributed by atoms with E-state index in [1.807, 2.05) is 48.7 Å². The van der Waals surface area contributed by atoms with Crippen molar-refractivity contribution in [2.45, 2.75) is 0 Å². The highest BCUT2D eigenvalue weighted by molar-refractivity contribution is 6.32. The summed E-state index contributed by atoms with van der Waals surface area (Å²) in [5.74, 6) is 0.522. The molecule has 0 saturated carbocycles. The molecule has 4 rings (SSSR count). The molecule has 1 fully saturated rings. The van der Waals surface area contributed by atoms with Crippen LogP contribution in [0.3, 0.4) is 0 Å². The van der Waals surface area contributed by atoms with Crippen LogP contribution in [0, 0.1) is 0 Å². The molecule has 0 unspecified atom stereocenters. The number of methoxy groups -OCH3 is 1. The summed E-state index contributed by atoms with van der Waals surface area (Å²) in [6, 6.07) is 5.52. The Hall–Kier alpha value is -2.76. The quantitative estimate of drug-likeness (QED) is 0.852. The van der Waals surface area contributed by atoms with Crippen LogP contribution in [0.5, 0.6) is 5.75 Å². The van der Waals surface area contributed by atoms with Crippen molar-refractivity contribution < 1.29 is 9.53 Å². The fourth-order valence-electron chi connectivity index (χ4n) is 3.46. The van der Waals surface area contributed by atoms with Gasteiger partial charge < -0.3 is 15.0 Å². The van der Waals surface area contributed by atoms with Crippen LogP contribution in [0.25, 0.3) is 5.57 Å². The first-order chi connectivity index (χ1) is 13.7. The van der Waals surface area contributed by atoms with E-state index in [0.29, 0.717) is 10.8 Å². The number of amides is 1. The van der Waals surface area contributed by atoms with Crippen molar-refractivity contribution in [2.24, 2.45) is 0 Å². The van der Waals surface area contributed by atoms with E-state index in [9.17, 15) is 4.79 Å². The summed E-state index contributed by atoms with van der Waals surface area (Å²) in [7, 11) is 1.58. The first kappa shape index (κ1) is 18.6. The van der Waals surface area contributed by atoms with E-state index in [1.54, 1.807) is 18.1 Å². The van der Waals surface area contributed by atoms with Gasteiger partial charge in [-0.2, -0.15) is 0 Å². The highest BCUT2D eigenvalue weighted by Gasteiger charge is 2.21. The molecule has 1 amide bonds. The van der Waals surface area contributed by atoms with E-state index < -0.39 is 0 Å². The summed E-state index contributed by atoms with van der Waals surface area (Å²) in [4.78, 5) is 17.0. The van der Waals surface area contributed by atoms with Crippen LogP contribution in [0.15, 0.2) is 72.2 Å².